The molecule has 2 aliphatic rings. The summed E-state index contributed by atoms with van der Waals surface area (Å²) in [6.07, 6.45) is 2.89. The maximum atomic E-state index is 12.0. The molecule has 3 N–H and O–H groups in total. The van der Waals surface area contributed by atoms with Crippen LogP contribution in [0.15, 0.2) is 30.3 Å². The Kier molecular flexibility index (Phi) is 7.83. The average molecular weight is 458 g/mol. The van der Waals surface area contributed by atoms with E-state index in [2.05, 4.69) is 28.5 Å². The zero-order valence-electron chi connectivity index (χ0n) is 18.4. The SMILES string of the molecule is C[C@H]1COCCN1c1cc(CSCCCO)nc(-c2ccc(NC(=O)NC3CC3)cc2)n1. The summed E-state index contributed by atoms with van der Waals surface area (Å²) in [4.78, 5) is 23.9. The first-order valence-corrected chi connectivity index (χ1v) is 12.4. The fourth-order valence-electron chi connectivity index (χ4n) is 3.53. The fraction of sp³-hybridized carbons (Fsp3) is 0.522. The summed E-state index contributed by atoms with van der Waals surface area (Å²) in [5.74, 6) is 3.24. The second-order valence-electron chi connectivity index (χ2n) is 8.24. The van der Waals surface area contributed by atoms with Crippen LogP contribution < -0.4 is 15.5 Å². The van der Waals surface area contributed by atoms with Gasteiger partial charge in [0, 0.05) is 42.3 Å². The molecule has 2 amide bonds. The summed E-state index contributed by atoms with van der Waals surface area (Å²) in [6, 6.07) is 10.1. The van der Waals surface area contributed by atoms with Gasteiger partial charge in [-0.05, 0) is 56.2 Å². The van der Waals surface area contributed by atoms with Crippen molar-refractivity contribution in [3.05, 3.63) is 36.0 Å². The van der Waals surface area contributed by atoms with E-state index < -0.39 is 0 Å². The molecule has 1 atom stereocenters. The van der Waals surface area contributed by atoms with Gasteiger partial charge in [-0.2, -0.15) is 11.8 Å². The highest BCUT2D eigenvalue weighted by atomic mass is 32.2. The van der Waals surface area contributed by atoms with Crippen LogP contribution in [0.2, 0.25) is 0 Å². The molecule has 0 radical (unpaired) electrons. The fourth-order valence-corrected chi connectivity index (χ4v) is 4.36. The number of benzene rings is 1. The molecular weight excluding hydrogens is 426 g/mol. The second kappa shape index (κ2) is 11.0. The van der Waals surface area contributed by atoms with Gasteiger partial charge in [0.15, 0.2) is 5.82 Å². The van der Waals surface area contributed by atoms with Crippen molar-refractivity contribution in [2.45, 2.75) is 44.0 Å². The highest BCUT2D eigenvalue weighted by Gasteiger charge is 2.23. The van der Waals surface area contributed by atoms with E-state index in [-0.39, 0.29) is 18.7 Å². The van der Waals surface area contributed by atoms with Gasteiger partial charge in [0.05, 0.1) is 24.9 Å². The predicted molar refractivity (Wildman–Crippen MR) is 128 cm³/mol. The van der Waals surface area contributed by atoms with Gasteiger partial charge in [0.25, 0.3) is 0 Å². The van der Waals surface area contributed by atoms with Crippen molar-refractivity contribution < 1.29 is 14.6 Å². The van der Waals surface area contributed by atoms with Crippen LogP contribution in [0, 0.1) is 0 Å². The molecule has 32 heavy (non-hydrogen) atoms. The Balaban J connectivity index is 1.52. The largest absolute Gasteiger partial charge is 0.396 e. The molecule has 1 saturated carbocycles. The van der Waals surface area contributed by atoms with E-state index in [1.54, 1.807) is 11.8 Å². The number of carbonyl (C=O) groups excluding carboxylic acids is 1. The number of anilines is 2. The lowest BCUT2D eigenvalue weighted by atomic mass is 10.2. The third kappa shape index (κ3) is 6.34. The van der Waals surface area contributed by atoms with Crippen LogP contribution in [0.3, 0.4) is 0 Å². The van der Waals surface area contributed by atoms with E-state index in [4.69, 9.17) is 19.8 Å². The standard InChI is InChI=1S/C23H31N5O3S/c1-16-14-31-11-9-28(16)21-13-20(15-32-12-2-10-29)24-22(27-21)17-3-5-18(6-4-17)25-23(30)26-19-7-8-19/h3-6,13,16,19,29H,2,7-12,14-15H2,1H3,(H2,25,26,30)/t16-/m0/s1. The third-order valence-corrected chi connectivity index (χ3v) is 6.52. The van der Waals surface area contributed by atoms with Crippen LogP contribution in [0.4, 0.5) is 16.3 Å². The minimum absolute atomic E-state index is 0.165. The number of thioether (sulfide) groups is 1. The Hall–Kier alpha value is -2.36. The Morgan fingerprint density at radius 2 is 2.09 bits per heavy atom. The molecule has 1 saturated heterocycles. The number of carbonyl (C=O) groups is 1. The van der Waals surface area contributed by atoms with E-state index in [1.165, 1.54) is 0 Å². The number of amides is 2. The van der Waals surface area contributed by atoms with Crippen molar-refractivity contribution in [3.8, 4) is 11.4 Å². The van der Waals surface area contributed by atoms with Gasteiger partial charge in [-0.15, -0.1) is 0 Å². The van der Waals surface area contributed by atoms with Gasteiger partial charge in [-0.25, -0.2) is 14.8 Å². The first kappa shape index (κ1) is 22.8. The normalized spacial score (nSPS) is 18.4. The van der Waals surface area contributed by atoms with E-state index in [1.807, 2.05) is 24.3 Å². The smallest absolute Gasteiger partial charge is 0.319 e. The number of rotatable bonds is 9. The number of nitrogens with zero attached hydrogens (tertiary/aromatic N) is 3. The lowest BCUT2D eigenvalue weighted by molar-refractivity contribution is 0.0985. The number of aliphatic hydroxyl groups excluding tert-OH is 1. The van der Waals surface area contributed by atoms with Gasteiger partial charge >= 0.3 is 6.03 Å². The molecule has 1 aliphatic heterocycles. The summed E-state index contributed by atoms with van der Waals surface area (Å²) in [5, 5.41) is 14.8. The van der Waals surface area contributed by atoms with E-state index in [9.17, 15) is 4.79 Å². The summed E-state index contributed by atoms with van der Waals surface area (Å²) in [7, 11) is 0. The monoisotopic (exact) mass is 457 g/mol. The number of aliphatic hydroxyl groups is 1. The average Bonchev–Trinajstić information content (AvgIpc) is 3.61. The molecule has 1 aliphatic carbocycles. The zero-order valence-corrected chi connectivity index (χ0v) is 19.2. The molecule has 2 fully saturated rings. The Morgan fingerprint density at radius 3 is 2.81 bits per heavy atom. The van der Waals surface area contributed by atoms with Crippen molar-refractivity contribution in [2.75, 3.05) is 42.3 Å². The van der Waals surface area contributed by atoms with Gasteiger partial charge < -0.3 is 25.4 Å². The molecule has 1 aromatic heterocycles. The van der Waals surface area contributed by atoms with Crippen LogP contribution in [0.1, 0.15) is 31.9 Å². The zero-order chi connectivity index (χ0) is 22.3. The molecule has 9 heteroatoms. The molecule has 0 spiro atoms. The molecule has 0 bridgehead atoms. The molecule has 172 valence electrons. The van der Waals surface area contributed by atoms with E-state index in [0.717, 1.165) is 60.1 Å². The highest BCUT2D eigenvalue weighted by molar-refractivity contribution is 7.98. The predicted octanol–water partition coefficient (Wildman–Crippen LogP) is 3.27. The molecule has 2 aromatic rings. The molecular formula is C23H31N5O3S. The summed E-state index contributed by atoms with van der Waals surface area (Å²) in [5.41, 5.74) is 2.62. The molecule has 4 rings (SSSR count). The Morgan fingerprint density at radius 1 is 1.28 bits per heavy atom. The highest BCUT2D eigenvalue weighted by Crippen LogP contribution is 2.26. The number of nitrogens with one attached hydrogen (secondary N) is 2. The quantitative estimate of drug-likeness (QED) is 0.497. The summed E-state index contributed by atoms with van der Waals surface area (Å²) in [6.45, 7) is 4.52. The molecule has 8 nitrogen and oxygen atoms in total. The maximum Gasteiger partial charge on any atom is 0.319 e. The number of morpholine rings is 1. The van der Waals surface area contributed by atoms with Crippen molar-refractivity contribution >= 4 is 29.3 Å². The number of aromatic nitrogens is 2. The number of urea groups is 1. The van der Waals surface area contributed by atoms with Gasteiger partial charge in [0.1, 0.15) is 5.82 Å². The van der Waals surface area contributed by atoms with Crippen LogP contribution in [-0.4, -0.2) is 65.3 Å². The van der Waals surface area contributed by atoms with Crippen molar-refractivity contribution in [3.63, 3.8) is 0 Å². The minimum atomic E-state index is -0.165. The van der Waals surface area contributed by atoms with Gasteiger partial charge in [-0.3, -0.25) is 0 Å². The third-order valence-electron chi connectivity index (χ3n) is 5.44. The van der Waals surface area contributed by atoms with Gasteiger partial charge in [0.2, 0.25) is 0 Å². The molecule has 1 aromatic carbocycles. The van der Waals surface area contributed by atoms with Crippen LogP contribution in [-0.2, 0) is 10.5 Å². The van der Waals surface area contributed by atoms with Crippen LogP contribution >= 0.6 is 11.8 Å². The number of ether oxygens (including phenoxy) is 1. The Bertz CT molecular complexity index is 907. The second-order valence-corrected chi connectivity index (χ2v) is 9.34. The van der Waals surface area contributed by atoms with Crippen molar-refractivity contribution in [1.29, 1.82) is 0 Å². The summed E-state index contributed by atoms with van der Waals surface area (Å²) < 4.78 is 5.59. The lowest BCUT2D eigenvalue weighted by Crippen LogP contribution is -2.44. The van der Waals surface area contributed by atoms with Crippen LogP contribution in [0.25, 0.3) is 11.4 Å². The first-order chi connectivity index (χ1) is 15.6. The minimum Gasteiger partial charge on any atom is -0.396 e. The molecule has 2 heterocycles. The topological polar surface area (TPSA) is 99.6 Å². The summed E-state index contributed by atoms with van der Waals surface area (Å²) >= 11 is 1.76. The lowest BCUT2D eigenvalue weighted by Gasteiger charge is -2.34. The van der Waals surface area contributed by atoms with Crippen molar-refractivity contribution in [2.24, 2.45) is 0 Å². The van der Waals surface area contributed by atoms with E-state index in [0.29, 0.717) is 25.1 Å². The first-order valence-electron chi connectivity index (χ1n) is 11.2. The maximum absolute atomic E-state index is 12.0. The van der Waals surface area contributed by atoms with E-state index >= 15 is 0 Å². The van der Waals surface area contributed by atoms with Crippen LogP contribution in [0.5, 0.6) is 0 Å². The molecule has 0 unspecified atom stereocenters. The van der Waals surface area contributed by atoms with Crippen molar-refractivity contribution in [1.82, 2.24) is 15.3 Å². The Labute approximate surface area is 193 Å². The number of hydrogen-bond donors (Lipinski definition) is 3. The number of hydrogen-bond acceptors (Lipinski definition) is 7. The van der Waals surface area contributed by atoms with Gasteiger partial charge in [-0.1, -0.05) is 0 Å².